The lowest BCUT2D eigenvalue weighted by Gasteiger charge is -2.13. The van der Waals surface area contributed by atoms with E-state index in [2.05, 4.69) is 15.5 Å². The summed E-state index contributed by atoms with van der Waals surface area (Å²) in [6.45, 7) is 0.581. The van der Waals surface area contributed by atoms with Crippen molar-refractivity contribution >= 4 is 11.6 Å². The average Bonchev–Trinajstić information content (AvgIpc) is 3.20. The van der Waals surface area contributed by atoms with Gasteiger partial charge in [0.15, 0.2) is 0 Å². The van der Waals surface area contributed by atoms with Crippen molar-refractivity contribution in [3.63, 3.8) is 0 Å². The number of ether oxygens (including phenoxy) is 1. The van der Waals surface area contributed by atoms with Gasteiger partial charge in [-0.1, -0.05) is 0 Å². The summed E-state index contributed by atoms with van der Waals surface area (Å²) in [5.74, 6) is -1.78. The number of carbonyl (C=O) groups is 1. The molecule has 0 fully saturated rings. The molecule has 0 spiro atoms. The van der Waals surface area contributed by atoms with E-state index in [1.807, 2.05) is 0 Å². The van der Waals surface area contributed by atoms with Gasteiger partial charge < -0.3 is 15.8 Å². The number of nitrogens with two attached hydrogens (primary N) is 1. The van der Waals surface area contributed by atoms with Gasteiger partial charge >= 0.3 is 6.18 Å². The van der Waals surface area contributed by atoms with E-state index in [1.165, 1.54) is 6.20 Å². The number of H-pyrrole nitrogens is 1. The van der Waals surface area contributed by atoms with E-state index in [0.717, 1.165) is 6.07 Å². The minimum absolute atomic E-state index is 0.248. The Bertz CT molecular complexity index is 1000. The number of anilines is 1. The maximum absolute atomic E-state index is 13.7. The molecule has 0 aliphatic heterocycles. The van der Waals surface area contributed by atoms with E-state index in [9.17, 15) is 22.4 Å². The van der Waals surface area contributed by atoms with Gasteiger partial charge in [-0.05, 0) is 42.5 Å². The Morgan fingerprint density at radius 1 is 1.17 bits per heavy atom. The normalized spacial score (nSPS) is 11.3. The second kappa shape index (κ2) is 8.31. The lowest BCUT2D eigenvalue weighted by atomic mass is 10.1. The number of halogens is 4. The Kier molecular flexibility index (Phi) is 5.83. The fraction of sp³-hybridized carbons (Fsp3) is 0.158. The third-order valence-corrected chi connectivity index (χ3v) is 3.94. The fourth-order valence-corrected chi connectivity index (χ4v) is 2.61. The van der Waals surface area contributed by atoms with Gasteiger partial charge in [-0.25, -0.2) is 4.39 Å². The number of nitrogens with one attached hydrogen (secondary N) is 2. The third kappa shape index (κ3) is 4.72. The highest BCUT2D eigenvalue weighted by atomic mass is 19.4. The third-order valence-electron chi connectivity index (χ3n) is 3.94. The van der Waals surface area contributed by atoms with Crippen molar-refractivity contribution in [2.45, 2.75) is 6.18 Å². The Morgan fingerprint density at radius 3 is 2.59 bits per heavy atom. The number of alkyl halides is 3. The molecular weight excluding hydrogens is 392 g/mol. The van der Waals surface area contributed by atoms with Crippen molar-refractivity contribution in [2.75, 3.05) is 18.5 Å². The molecule has 152 valence electrons. The molecule has 6 nitrogen and oxygen atoms in total. The van der Waals surface area contributed by atoms with Crippen molar-refractivity contribution in [1.82, 2.24) is 10.2 Å². The highest BCUT2D eigenvalue weighted by Gasteiger charge is 2.34. The quantitative estimate of drug-likeness (QED) is 0.541. The van der Waals surface area contributed by atoms with Crippen LogP contribution in [-0.4, -0.2) is 29.3 Å². The molecule has 0 unspecified atom stereocenters. The first kappa shape index (κ1) is 20.3. The van der Waals surface area contributed by atoms with Crippen LogP contribution in [0.15, 0.2) is 48.7 Å². The minimum Gasteiger partial charge on any atom is -0.492 e. The number of benzene rings is 2. The first-order valence-electron chi connectivity index (χ1n) is 8.44. The lowest BCUT2D eigenvalue weighted by molar-refractivity contribution is -0.140. The summed E-state index contributed by atoms with van der Waals surface area (Å²) in [6, 6.07) is 8.44. The Hall–Kier alpha value is -3.40. The highest BCUT2D eigenvalue weighted by Crippen LogP contribution is 2.33. The van der Waals surface area contributed by atoms with Crippen LogP contribution < -0.4 is 15.8 Å². The average molecular weight is 408 g/mol. The number of aromatic amines is 1. The fourth-order valence-electron chi connectivity index (χ4n) is 2.61. The summed E-state index contributed by atoms with van der Waals surface area (Å²) in [7, 11) is 0. The molecule has 0 aliphatic rings. The number of hydrogen-bond donors (Lipinski definition) is 3. The van der Waals surface area contributed by atoms with E-state index in [-0.39, 0.29) is 12.2 Å². The number of aromatic nitrogens is 2. The van der Waals surface area contributed by atoms with Gasteiger partial charge in [0.05, 0.1) is 11.3 Å². The molecule has 2 aromatic carbocycles. The van der Waals surface area contributed by atoms with Crippen LogP contribution in [0.4, 0.5) is 23.2 Å². The van der Waals surface area contributed by atoms with E-state index in [1.54, 1.807) is 24.3 Å². The molecule has 0 radical (unpaired) electrons. The maximum atomic E-state index is 13.7. The molecule has 1 aromatic heterocycles. The SMILES string of the molecule is NCCOc1ccc(NC(=O)c2ccc(C(F)(F)F)c(F)c2)cc1-c1ccn[nH]1. The van der Waals surface area contributed by atoms with Crippen molar-refractivity contribution in [3.05, 3.63) is 65.6 Å². The Labute approximate surface area is 162 Å². The molecule has 4 N–H and O–H groups in total. The monoisotopic (exact) mass is 408 g/mol. The van der Waals surface area contributed by atoms with E-state index >= 15 is 0 Å². The Morgan fingerprint density at radius 2 is 1.97 bits per heavy atom. The van der Waals surface area contributed by atoms with Crippen LogP contribution in [0, 0.1) is 5.82 Å². The summed E-state index contributed by atoms with van der Waals surface area (Å²) in [6.07, 6.45) is -3.30. The van der Waals surface area contributed by atoms with Crippen LogP contribution in [0.1, 0.15) is 15.9 Å². The van der Waals surface area contributed by atoms with Crippen molar-refractivity contribution in [1.29, 1.82) is 0 Å². The van der Waals surface area contributed by atoms with Crippen molar-refractivity contribution < 1.29 is 27.1 Å². The molecule has 0 aliphatic carbocycles. The molecule has 0 bridgehead atoms. The van der Waals surface area contributed by atoms with Gasteiger partial charge in [-0.2, -0.15) is 18.3 Å². The summed E-state index contributed by atoms with van der Waals surface area (Å²) in [5.41, 5.74) is 5.31. The van der Waals surface area contributed by atoms with Gasteiger partial charge in [0.1, 0.15) is 18.2 Å². The molecule has 10 heteroatoms. The lowest BCUT2D eigenvalue weighted by Crippen LogP contribution is -2.15. The molecule has 1 heterocycles. The topological polar surface area (TPSA) is 93.0 Å². The molecule has 0 saturated carbocycles. The van der Waals surface area contributed by atoms with Crippen molar-refractivity contribution in [2.24, 2.45) is 5.73 Å². The summed E-state index contributed by atoms with van der Waals surface area (Å²) >= 11 is 0. The van der Waals surface area contributed by atoms with E-state index in [0.29, 0.717) is 41.4 Å². The first-order chi connectivity index (χ1) is 13.8. The number of hydrogen-bond acceptors (Lipinski definition) is 4. The molecule has 0 saturated heterocycles. The van der Waals surface area contributed by atoms with E-state index in [4.69, 9.17) is 10.5 Å². The largest absolute Gasteiger partial charge is 0.492 e. The zero-order valence-corrected chi connectivity index (χ0v) is 14.9. The smallest absolute Gasteiger partial charge is 0.419 e. The van der Waals surface area contributed by atoms with Crippen LogP contribution in [-0.2, 0) is 6.18 Å². The summed E-state index contributed by atoms with van der Waals surface area (Å²) < 4.78 is 57.3. The van der Waals surface area contributed by atoms with Crippen LogP contribution in [0.25, 0.3) is 11.3 Å². The number of nitrogens with zero attached hydrogens (tertiary/aromatic N) is 1. The minimum atomic E-state index is -4.84. The molecule has 29 heavy (non-hydrogen) atoms. The van der Waals surface area contributed by atoms with Gasteiger partial charge in [-0.15, -0.1) is 0 Å². The zero-order chi connectivity index (χ0) is 21.0. The highest BCUT2D eigenvalue weighted by molar-refractivity contribution is 6.04. The number of rotatable bonds is 6. The molecular formula is C19H16F4N4O2. The molecule has 1 amide bonds. The maximum Gasteiger partial charge on any atom is 0.419 e. The van der Waals surface area contributed by atoms with Crippen LogP contribution in [0.2, 0.25) is 0 Å². The molecule has 3 rings (SSSR count). The van der Waals surface area contributed by atoms with Crippen molar-refractivity contribution in [3.8, 4) is 17.0 Å². The van der Waals surface area contributed by atoms with Crippen LogP contribution in [0.5, 0.6) is 5.75 Å². The summed E-state index contributed by atoms with van der Waals surface area (Å²) in [5, 5.41) is 9.18. The second-order valence-corrected chi connectivity index (χ2v) is 5.96. The van der Waals surface area contributed by atoms with Gasteiger partial charge in [-0.3, -0.25) is 9.89 Å². The summed E-state index contributed by atoms with van der Waals surface area (Å²) in [4.78, 5) is 12.4. The standard InChI is InChI=1S/C19H16F4N4O2/c20-15-9-11(1-3-14(15)19(21,22)23)18(28)26-12-2-4-17(29-8-6-24)13(10-12)16-5-7-25-27-16/h1-5,7,9-10H,6,8,24H2,(H,25,27)(H,26,28). The predicted molar refractivity (Wildman–Crippen MR) is 97.9 cm³/mol. The van der Waals surface area contributed by atoms with Crippen LogP contribution in [0.3, 0.4) is 0 Å². The number of amides is 1. The number of carbonyl (C=O) groups excluding carboxylic acids is 1. The van der Waals surface area contributed by atoms with E-state index < -0.39 is 23.5 Å². The van der Waals surface area contributed by atoms with Crippen LogP contribution >= 0.6 is 0 Å². The second-order valence-electron chi connectivity index (χ2n) is 5.96. The predicted octanol–water partition coefficient (Wildman–Crippen LogP) is 3.82. The zero-order valence-electron chi connectivity index (χ0n) is 14.9. The Balaban J connectivity index is 1.85. The molecule has 3 aromatic rings. The van der Waals surface area contributed by atoms with Gasteiger partial charge in [0.2, 0.25) is 0 Å². The molecule has 0 atom stereocenters. The first-order valence-corrected chi connectivity index (χ1v) is 8.44. The van der Waals surface area contributed by atoms with Gasteiger partial charge in [0, 0.05) is 29.6 Å². The van der Waals surface area contributed by atoms with Gasteiger partial charge in [0.25, 0.3) is 5.91 Å².